The van der Waals surface area contributed by atoms with Crippen molar-refractivity contribution in [1.29, 1.82) is 0 Å². The summed E-state index contributed by atoms with van der Waals surface area (Å²) in [5.74, 6) is 4.10. The highest BCUT2D eigenvalue weighted by Gasteiger charge is 2.06. The topological polar surface area (TPSA) is 39.2 Å². The van der Waals surface area contributed by atoms with Gasteiger partial charge in [0.2, 0.25) is 5.89 Å². The van der Waals surface area contributed by atoms with E-state index in [0.717, 1.165) is 34.5 Å². The molecule has 0 saturated carbocycles. The molecule has 0 saturated heterocycles. The lowest BCUT2D eigenvalue weighted by Gasteiger charge is -1.96. The molecule has 4 heteroatoms. The van der Waals surface area contributed by atoms with Crippen molar-refractivity contribution in [1.82, 2.24) is 4.98 Å². The van der Waals surface area contributed by atoms with E-state index >= 15 is 0 Å². The Morgan fingerprint density at radius 2 is 1.89 bits per heavy atom. The van der Waals surface area contributed by atoms with Crippen molar-refractivity contribution in [3.8, 4) is 11.3 Å². The van der Waals surface area contributed by atoms with E-state index in [0.29, 0.717) is 0 Å². The lowest BCUT2D eigenvalue weighted by Crippen LogP contribution is -1.80. The number of hydrogen-bond donors (Lipinski definition) is 0. The second-order valence-electron chi connectivity index (χ2n) is 4.06. The summed E-state index contributed by atoms with van der Waals surface area (Å²) in [6.45, 7) is 0. The standard InChI is InChI=1S/C15H13NO2S/c1-2-5-12(6-3-1)14-9-16-15(18-14)11-19-10-13-7-4-8-17-13/h1-9H,10-11H2. The van der Waals surface area contributed by atoms with E-state index in [9.17, 15) is 0 Å². The van der Waals surface area contributed by atoms with Crippen LogP contribution in [0.5, 0.6) is 0 Å². The SMILES string of the molecule is c1ccc(-c2cnc(CSCc3ccco3)o2)cc1. The van der Waals surface area contributed by atoms with Crippen molar-refractivity contribution in [2.45, 2.75) is 11.5 Å². The first-order chi connectivity index (χ1) is 9.42. The summed E-state index contributed by atoms with van der Waals surface area (Å²) in [6, 6.07) is 13.9. The molecule has 0 aliphatic carbocycles. The molecule has 0 radical (unpaired) electrons. The van der Waals surface area contributed by atoms with E-state index in [1.807, 2.05) is 42.5 Å². The van der Waals surface area contributed by atoms with Crippen molar-refractivity contribution < 1.29 is 8.83 Å². The van der Waals surface area contributed by atoms with E-state index < -0.39 is 0 Å². The molecular weight excluding hydrogens is 258 g/mol. The molecule has 3 rings (SSSR count). The molecule has 0 bridgehead atoms. The molecule has 0 fully saturated rings. The zero-order valence-electron chi connectivity index (χ0n) is 10.3. The number of rotatable bonds is 5. The van der Waals surface area contributed by atoms with Gasteiger partial charge in [-0.05, 0) is 12.1 Å². The van der Waals surface area contributed by atoms with Gasteiger partial charge in [-0.2, -0.15) is 0 Å². The lowest BCUT2D eigenvalue weighted by molar-refractivity contribution is 0.526. The maximum Gasteiger partial charge on any atom is 0.204 e. The number of oxazole rings is 1. The van der Waals surface area contributed by atoms with Crippen LogP contribution in [0.1, 0.15) is 11.7 Å². The second kappa shape index (κ2) is 5.80. The maximum atomic E-state index is 5.73. The Kier molecular flexibility index (Phi) is 3.70. The Morgan fingerprint density at radius 1 is 1.00 bits per heavy atom. The maximum absolute atomic E-state index is 5.73. The van der Waals surface area contributed by atoms with Crippen LogP contribution >= 0.6 is 11.8 Å². The highest BCUT2D eigenvalue weighted by atomic mass is 32.2. The first kappa shape index (κ1) is 12.1. The number of aromatic nitrogens is 1. The Hall–Kier alpha value is -1.94. The first-order valence-corrected chi connectivity index (χ1v) is 7.17. The van der Waals surface area contributed by atoms with Crippen LogP contribution in [0.3, 0.4) is 0 Å². The molecule has 0 aliphatic heterocycles. The largest absolute Gasteiger partial charge is 0.468 e. The fraction of sp³-hybridized carbons (Fsp3) is 0.133. The van der Waals surface area contributed by atoms with Gasteiger partial charge in [0.15, 0.2) is 5.76 Å². The van der Waals surface area contributed by atoms with Gasteiger partial charge in [0, 0.05) is 5.56 Å². The second-order valence-corrected chi connectivity index (χ2v) is 5.04. The van der Waals surface area contributed by atoms with Gasteiger partial charge >= 0.3 is 0 Å². The van der Waals surface area contributed by atoms with Crippen LogP contribution in [-0.4, -0.2) is 4.98 Å². The highest BCUT2D eigenvalue weighted by Crippen LogP contribution is 2.23. The third kappa shape index (κ3) is 3.09. The molecule has 1 aromatic carbocycles. The van der Waals surface area contributed by atoms with Crippen molar-refractivity contribution in [2.75, 3.05) is 0 Å². The zero-order valence-corrected chi connectivity index (χ0v) is 11.1. The molecule has 96 valence electrons. The van der Waals surface area contributed by atoms with Crippen molar-refractivity contribution in [2.24, 2.45) is 0 Å². The van der Waals surface area contributed by atoms with Crippen LogP contribution in [0.2, 0.25) is 0 Å². The summed E-state index contributed by atoms with van der Waals surface area (Å²) in [4.78, 5) is 4.29. The molecule has 3 nitrogen and oxygen atoms in total. The lowest BCUT2D eigenvalue weighted by atomic mass is 10.2. The number of furan rings is 1. The number of nitrogens with zero attached hydrogens (tertiary/aromatic N) is 1. The fourth-order valence-corrected chi connectivity index (χ4v) is 2.52. The van der Waals surface area contributed by atoms with Crippen molar-refractivity contribution in [3.63, 3.8) is 0 Å². The minimum Gasteiger partial charge on any atom is -0.468 e. The van der Waals surface area contributed by atoms with Crippen LogP contribution in [0.25, 0.3) is 11.3 Å². The first-order valence-electron chi connectivity index (χ1n) is 6.02. The average molecular weight is 271 g/mol. The Labute approximate surface area is 115 Å². The molecular formula is C15H13NO2S. The summed E-state index contributed by atoms with van der Waals surface area (Å²) < 4.78 is 11.0. The Bertz CT molecular complexity index is 617. The van der Waals surface area contributed by atoms with Gasteiger partial charge in [-0.3, -0.25) is 0 Å². The fourth-order valence-electron chi connectivity index (χ4n) is 1.75. The molecule has 3 aromatic rings. The van der Waals surface area contributed by atoms with Crippen molar-refractivity contribution >= 4 is 11.8 Å². The molecule has 0 amide bonds. The van der Waals surface area contributed by atoms with Gasteiger partial charge in [0.25, 0.3) is 0 Å². The summed E-state index contributed by atoms with van der Waals surface area (Å²) >= 11 is 1.72. The number of benzene rings is 1. The minimum absolute atomic E-state index is 0.744. The zero-order chi connectivity index (χ0) is 12.9. The van der Waals surface area contributed by atoms with Gasteiger partial charge in [0.1, 0.15) is 5.76 Å². The Morgan fingerprint density at radius 3 is 2.68 bits per heavy atom. The van der Waals surface area contributed by atoms with Gasteiger partial charge in [-0.25, -0.2) is 4.98 Å². The monoisotopic (exact) mass is 271 g/mol. The van der Waals surface area contributed by atoms with Gasteiger partial charge in [-0.1, -0.05) is 30.3 Å². The molecule has 19 heavy (non-hydrogen) atoms. The Balaban J connectivity index is 1.59. The van der Waals surface area contributed by atoms with Gasteiger partial charge < -0.3 is 8.83 Å². The predicted molar refractivity (Wildman–Crippen MR) is 75.6 cm³/mol. The van der Waals surface area contributed by atoms with Crippen LogP contribution < -0.4 is 0 Å². The van der Waals surface area contributed by atoms with Crippen LogP contribution in [0.4, 0.5) is 0 Å². The highest BCUT2D eigenvalue weighted by molar-refractivity contribution is 7.97. The molecule has 2 heterocycles. The molecule has 0 atom stereocenters. The van der Waals surface area contributed by atoms with E-state index in [1.165, 1.54) is 0 Å². The van der Waals surface area contributed by atoms with Gasteiger partial charge in [-0.15, -0.1) is 11.8 Å². The average Bonchev–Trinajstić information content (AvgIpc) is 3.11. The van der Waals surface area contributed by atoms with E-state index in [2.05, 4.69) is 4.98 Å². The van der Waals surface area contributed by atoms with Crippen LogP contribution in [-0.2, 0) is 11.5 Å². The summed E-state index contributed by atoms with van der Waals surface area (Å²) in [5.41, 5.74) is 1.05. The quantitative estimate of drug-likeness (QED) is 0.691. The molecule has 0 spiro atoms. The molecule has 2 aromatic heterocycles. The van der Waals surface area contributed by atoms with E-state index in [4.69, 9.17) is 8.83 Å². The van der Waals surface area contributed by atoms with Gasteiger partial charge in [0.05, 0.1) is 24.0 Å². The van der Waals surface area contributed by atoms with E-state index in [-0.39, 0.29) is 0 Å². The number of hydrogen-bond acceptors (Lipinski definition) is 4. The normalized spacial score (nSPS) is 10.7. The summed E-state index contributed by atoms with van der Waals surface area (Å²) in [7, 11) is 0. The molecule has 0 N–H and O–H groups in total. The van der Waals surface area contributed by atoms with E-state index in [1.54, 1.807) is 24.2 Å². The molecule has 0 aliphatic rings. The third-order valence-electron chi connectivity index (χ3n) is 2.66. The number of thioether (sulfide) groups is 1. The summed E-state index contributed by atoms with van der Waals surface area (Å²) in [5, 5.41) is 0. The summed E-state index contributed by atoms with van der Waals surface area (Å²) in [6.07, 6.45) is 3.46. The predicted octanol–water partition coefficient (Wildman–Crippen LogP) is 4.37. The molecule has 0 unspecified atom stereocenters. The minimum atomic E-state index is 0.744. The third-order valence-corrected chi connectivity index (χ3v) is 3.60. The van der Waals surface area contributed by atoms with Crippen LogP contribution in [0, 0.1) is 0 Å². The van der Waals surface area contributed by atoms with Crippen LogP contribution in [0.15, 0.2) is 63.8 Å². The van der Waals surface area contributed by atoms with Crippen molar-refractivity contribution in [3.05, 3.63) is 66.6 Å². The smallest absolute Gasteiger partial charge is 0.204 e.